The number of fused-ring (bicyclic) bond motifs is 1. The summed E-state index contributed by atoms with van der Waals surface area (Å²) in [6.45, 7) is 3.24. The van der Waals surface area contributed by atoms with Gasteiger partial charge in [-0.3, -0.25) is 0 Å². The van der Waals surface area contributed by atoms with Gasteiger partial charge in [0.15, 0.2) is 11.5 Å². The first-order valence-electron chi connectivity index (χ1n) is 4.56. The molecule has 2 rings (SSSR count). The maximum absolute atomic E-state index is 9.45. The molecular formula is C9H14O5. The van der Waals surface area contributed by atoms with Gasteiger partial charge in [-0.25, -0.2) is 0 Å². The molecule has 0 saturated carbocycles. The highest BCUT2D eigenvalue weighted by Crippen LogP contribution is 2.36. The third-order valence-electron chi connectivity index (χ3n) is 2.26. The third kappa shape index (κ3) is 1.58. The van der Waals surface area contributed by atoms with Gasteiger partial charge in [-0.1, -0.05) is 0 Å². The van der Waals surface area contributed by atoms with Gasteiger partial charge in [0.25, 0.3) is 0 Å². The summed E-state index contributed by atoms with van der Waals surface area (Å²) in [5.74, 6) is -0.483. The molecule has 14 heavy (non-hydrogen) atoms. The lowest BCUT2D eigenvalue weighted by Crippen LogP contribution is -2.31. The van der Waals surface area contributed by atoms with E-state index in [-0.39, 0.29) is 24.2 Å². The van der Waals surface area contributed by atoms with Crippen LogP contribution in [0.15, 0.2) is 11.5 Å². The largest absolute Gasteiger partial charge is 0.509 e. The third-order valence-corrected chi connectivity index (χ3v) is 2.26. The Balaban J connectivity index is 2.13. The summed E-state index contributed by atoms with van der Waals surface area (Å²) in [7, 11) is 0. The molecule has 1 fully saturated rings. The van der Waals surface area contributed by atoms with E-state index < -0.39 is 12.1 Å². The summed E-state index contributed by atoms with van der Waals surface area (Å²) < 4.78 is 16.2. The molecule has 0 aliphatic carbocycles. The van der Waals surface area contributed by atoms with Crippen LogP contribution in [0.4, 0.5) is 0 Å². The maximum atomic E-state index is 9.45. The number of rotatable bonds is 1. The molecule has 0 spiro atoms. The second-order valence-corrected chi connectivity index (χ2v) is 3.89. The first-order chi connectivity index (χ1) is 6.52. The Hall–Kier alpha value is -0.780. The first-order valence-corrected chi connectivity index (χ1v) is 4.56. The molecule has 0 aromatic rings. The minimum Gasteiger partial charge on any atom is -0.509 e. The molecule has 80 valence electrons. The fourth-order valence-corrected chi connectivity index (χ4v) is 1.68. The SMILES string of the molecule is CC1(C)OC2CC(O)=C(CO)O[C@H]2O1. The predicted molar refractivity (Wildman–Crippen MR) is 46.3 cm³/mol. The molecule has 1 unspecified atom stereocenters. The minimum atomic E-state index is -0.694. The van der Waals surface area contributed by atoms with Crippen LogP contribution in [0.25, 0.3) is 0 Å². The van der Waals surface area contributed by atoms with E-state index in [9.17, 15) is 5.11 Å². The van der Waals surface area contributed by atoms with Crippen LogP contribution in [0.5, 0.6) is 0 Å². The molecule has 5 heteroatoms. The van der Waals surface area contributed by atoms with Gasteiger partial charge < -0.3 is 24.4 Å². The van der Waals surface area contributed by atoms with Gasteiger partial charge in [0.05, 0.1) is 0 Å². The monoisotopic (exact) mass is 202 g/mol. The van der Waals surface area contributed by atoms with Gasteiger partial charge in [-0.05, 0) is 13.8 Å². The molecule has 1 saturated heterocycles. The van der Waals surface area contributed by atoms with E-state index in [0.29, 0.717) is 6.42 Å². The molecule has 0 aromatic carbocycles. The Morgan fingerprint density at radius 3 is 2.79 bits per heavy atom. The van der Waals surface area contributed by atoms with Crippen molar-refractivity contribution in [3.8, 4) is 0 Å². The van der Waals surface area contributed by atoms with Crippen molar-refractivity contribution in [2.24, 2.45) is 0 Å². The lowest BCUT2D eigenvalue weighted by atomic mass is 10.1. The Bertz CT molecular complexity index is 270. The van der Waals surface area contributed by atoms with E-state index in [0.717, 1.165) is 0 Å². The minimum absolute atomic E-state index is 0.0371. The molecule has 2 atom stereocenters. The van der Waals surface area contributed by atoms with E-state index in [2.05, 4.69) is 0 Å². The number of aliphatic hydroxyl groups excluding tert-OH is 2. The van der Waals surface area contributed by atoms with E-state index in [4.69, 9.17) is 19.3 Å². The van der Waals surface area contributed by atoms with Gasteiger partial charge in [0.1, 0.15) is 18.5 Å². The zero-order chi connectivity index (χ0) is 10.3. The zero-order valence-electron chi connectivity index (χ0n) is 8.19. The molecular weight excluding hydrogens is 188 g/mol. The average Bonchev–Trinajstić information content (AvgIpc) is 2.36. The highest BCUT2D eigenvalue weighted by atomic mass is 16.8. The standard InChI is InChI=1S/C9H14O5/c1-9(2)13-6-3-5(11)7(4-10)12-8(6)14-9/h6,8,10-11H,3-4H2,1-2H3/t6?,8-/m0/s1. The van der Waals surface area contributed by atoms with Crippen molar-refractivity contribution in [3.05, 3.63) is 11.5 Å². The lowest BCUT2D eigenvalue weighted by Gasteiger charge is -2.24. The van der Waals surface area contributed by atoms with Crippen LogP contribution >= 0.6 is 0 Å². The Kier molecular flexibility index (Phi) is 2.17. The Morgan fingerprint density at radius 2 is 2.14 bits per heavy atom. The second kappa shape index (κ2) is 3.12. The van der Waals surface area contributed by atoms with Crippen LogP contribution in [0.2, 0.25) is 0 Å². The van der Waals surface area contributed by atoms with Crippen LogP contribution < -0.4 is 0 Å². The topological polar surface area (TPSA) is 68.2 Å². The van der Waals surface area contributed by atoms with Gasteiger partial charge in [0, 0.05) is 6.42 Å². The van der Waals surface area contributed by atoms with E-state index >= 15 is 0 Å². The molecule has 0 radical (unpaired) electrons. The van der Waals surface area contributed by atoms with Gasteiger partial charge in [0.2, 0.25) is 6.29 Å². The molecule has 0 amide bonds. The van der Waals surface area contributed by atoms with Crippen molar-refractivity contribution in [2.75, 3.05) is 6.61 Å². The Morgan fingerprint density at radius 1 is 1.43 bits per heavy atom. The van der Waals surface area contributed by atoms with Crippen molar-refractivity contribution in [1.29, 1.82) is 0 Å². The normalized spacial score (nSPS) is 35.4. The molecule has 2 aliphatic heterocycles. The maximum Gasteiger partial charge on any atom is 0.229 e. The van der Waals surface area contributed by atoms with Crippen molar-refractivity contribution in [1.82, 2.24) is 0 Å². The quantitative estimate of drug-likeness (QED) is 0.653. The van der Waals surface area contributed by atoms with E-state index in [1.165, 1.54) is 0 Å². The zero-order valence-corrected chi connectivity index (χ0v) is 8.19. The number of hydrogen-bond donors (Lipinski definition) is 2. The van der Waals surface area contributed by atoms with Crippen molar-refractivity contribution in [2.45, 2.75) is 38.4 Å². The molecule has 2 aliphatic rings. The van der Waals surface area contributed by atoms with Crippen LogP contribution in [-0.4, -0.2) is 35.0 Å². The highest BCUT2D eigenvalue weighted by Gasteiger charge is 2.46. The van der Waals surface area contributed by atoms with Gasteiger partial charge >= 0.3 is 0 Å². The van der Waals surface area contributed by atoms with E-state index in [1.807, 2.05) is 0 Å². The van der Waals surface area contributed by atoms with Crippen LogP contribution in [0.3, 0.4) is 0 Å². The van der Waals surface area contributed by atoms with E-state index in [1.54, 1.807) is 13.8 Å². The van der Waals surface area contributed by atoms with Gasteiger partial charge in [-0.15, -0.1) is 0 Å². The predicted octanol–water partition coefficient (Wildman–Crippen LogP) is 0.646. The fraction of sp³-hybridized carbons (Fsp3) is 0.778. The Labute approximate surface area is 81.9 Å². The van der Waals surface area contributed by atoms with Crippen LogP contribution in [-0.2, 0) is 14.2 Å². The summed E-state index contributed by atoms with van der Waals surface area (Å²) in [6, 6.07) is 0. The summed E-state index contributed by atoms with van der Waals surface area (Å²) in [4.78, 5) is 0. The molecule has 2 N–H and O–H groups in total. The lowest BCUT2D eigenvalue weighted by molar-refractivity contribution is -0.182. The molecule has 0 aromatic heterocycles. The van der Waals surface area contributed by atoms with Crippen LogP contribution in [0.1, 0.15) is 20.3 Å². The van der Waals surface area contributed by atoms with Gasteiger partial charge in [-0.2, -0.15) is 0 Å². The summed E-state index contributed by atoms with van der Waals surface area (Å²) in [6.07, 6.45) is -0.493. The molecule has 2 heterocycles. The van der Waals surface area contributed by atoms with Crippen molar-refractivity contribution in [3.63, 3.8) is 0 Å². The smallest absolute Gasteiger partial charge is 0.229 e. The average molecular weight is 202 g/mol. The summed E-state index contributed by atoms with van der Waals surface area (Å²) in [5.41, 5.74) is 0. The highest BCUT2D eigenvalue weighted by molar-refractivity contribution is 5.07. The van der Waals surface area contributed by atoms with Crippen molar-refractivity contribution >= 4 is 0 Å². The van der Waals surface area contributed by atoms with Crippen molar-refractivity contribution < 1.29 is 24.4 Å². The number of aliphatic hydroxyl groups is 2. The number of hydrogen-bond acceptors (Lipinski definition) is 5. The summed E-state index contributed by atoms with van der Waals surface area (Å²) in [5, 5.41) is 18.3. The number of ether oxygens (including phenoxy) is 3. The fourth-order valence-electron chi connectivity index (χ4n) is 1.68. The summed E-state index contributed by atoms with van der Waals surface area (Å²) >= 11 is 0. The molecule has 0 bridgehead atoms. The second-order valence-electron chi connectivity index (χ2n) is 3.89. The molecule has 5 nitrogen and oxygen atoms in total. The van der Waals surface area contributed by atoms with Crippen LogP contribution in [0, 0.1) is 0 Å². The first kappa shape index (κ1) is 9.76.